The highest BCUT2D eigenvalue weighted by Gasteiger charge is 2.36. The van der Waals surface area contributed by atoms with Crippen molar-refractivity contribution in [2.45, 2.75) is 13.5 Å². The molecule has 8 heteroatoms. The number of benzene rings is 3. The summed E-state index contributed by atoms with van der Waals surface area (Å²) in [7, 11) is 0. The number of ether oxygens (including phenoxy) is 1. The van der Waals surface area contributed by atoms with E-state index in [9.17, 15) is 18.8 Å². The number of hydrogen-bond acceptors (Lipinski definition) is 4. The maximum atomic E-state index is 13.0. The van der Waals surface area contributed by atoms with E-state index in [1.165, 1.54) is 18.2 Å². The first kappa shape index (κ1) is 22.4. The third kappa shape index (κ3) is 5.01. The van der Waals surface area contributed by atoms with Crippen molar-refractivity contribution in [1.29, 1.82) is 0 Å². The van der Waals surface area contributed by atoms with Crippen LogP contribution in [-0.4, -0.2) is 17.8 Å². The number of barbiturate groups is 1. The van der Waals surface area contributed by atoms with Gasteiger partial charge in [-0.2, -0.15) is 0 Å². The third-order valence-corrected chi connectivity index (χ3v) is 5.56. The van der Waals surface area contributed by atoms with Crippen molar-refractivity contribution in [2.75, 3.05) is 4.90 Å². The Labute approximate surface area is 197 Å². The van der Waals surface area contributed by atoms with Crippen LogP contribution in [0.3, 0.4) is 0 Å². The van der Waals surface area contributed by atoms with Crippen molar-refractivity contribution in [3.8, 4) is 5.75 Å². The van der Waals surface area contributed by atoms with E-state index < -0.39 is 17.8 Å². The molecule has 1 saturated heterocycles. The van der Waals surface area contributed by atoms with Gasteiger partial charge in [0, 0.05) is 0 Å². The van der Waals surface area contributed by atoms with E-state index in [2.05, 4.69) is 21.2 Å². The highest BCUT2D eigenvalue weighted by Crippen LogP contribution is 2.29. The lowest BCUT2D eigenvalue weighted by molar-refractivity contribution is -0.122. The first-order chi connectivity index (χ1) is 15.8. The van der Waals surface area contributed by atoms with Crippen LogP contribution in [0.2, 0.25) is 0 Å². The molecule has 6 nitrogen and oxygen atoms in total. The van der Waals surface area contributed by atoms with Crippen LogP contribution in [0.5, 0.6) is 5.75 Å². The Hall–Kier alpha value is -3.78. The standard InChI is InChI=1S/C25H18BrFN2O4/c1-15-3-2-4-19(11-15)29-24(31)20(23(30)28-25(29)32)12-17-7-10-22(21(26)13-17)33-14-16-5-8-18(27)9-6-16/h2-13H,14H2,1H3,(H,28,30,32)/b20-12+. The largest absolute Gasteiger partial charge is 0.488 e. The minimum atomic E-state index is -0.793. The fourth-order valence-electron chi connectivity index (χ4n) is 3.29. The van der Waals surface area contributed by atoms with Gasteiger partial charge >= 0.3 is 6.03 Å². The summed E-state index contributed by atoms with van der Waals surface area (Å²) in [5, 5.41) is 2.21. The summed E-state index contributed by atoms with van der Waals surface area (Å²) in [6, 6.07) is 17.2. The quantitative estimate of drug-likeness (QED) is 0.382. The number of halogens is 2. The van der Waals surface area contributed by atoms with Crippen LogP contribution in [0.25, 0.3) is 6.08 Å². The summed E-state index contributed by atoms with van der Waals surface area (Å²) < 4.78 is 19.4. The molecule has 1 N–H and O–H groups in total. The Kier molecular flexibility index (Phi) is 6.37. The van der Waals surface area contributed by atoms with Gasteiger partial charge in [-0.05, 0) is 82.0 Å². The number of nitrogens with zero attached hydrogens (tertiary/aromatic N) is 1. The molecule has 0 spiro atoms. The fourth-order valence-corrected chi connectivity index (χ4v) is 3.80. The van der Waals surface area contributed by atoms with Gasteiger partial charge in [-0.3, -0.25) is 14.9 Å². The number of imide groups is 2. The fraction of sp³-hybridized carbons (Fsp3) is 0.0800. The number of anilines is 1. The van der Waals surface area contributed by atoms with Gasteiger partial charge in [-0.25, -0.2) is 14.1 Å². The summed E-state index contributed by atoms with van der Waals surface area (Å²) in [5.74, 6) is -1.25. The van der Waals surface area contributed by atoms with E-state index >= 15 is 0 Å². The summed E-state index contributed by atoms with van der Waals surface area (Å²) in [4.78, 5) is 38.7. The van der Waals surface area contributed by atoms with Crippen LogP contribution in [0.1, 0.15) is 16.7 Å². The number of carbonyl (C=O) groups excluding carboxylic acids is 3. The molecule has 0 atom stereocenters. The lowest BCUT2D eigenvalue weighted by Crippen LogP contribution is -2.54. The molecule has 0 radical (unpaired) electrons. The number of hydrogen-bond donors (Lipinski definition) is 1. The molecule has 33 heavy (non-hydrogen) atoms. The SMILES string of the molecule is Cc1cccc(N2C(=O)NC(=O)/C(=C\c3ccc(OCc4ccc(F)cc4)c(Br)c3)C2=O)c1. The van der Waals surface area contributed by atoms with E-state index in [1.54, 1.807) is 48.5 Å². The van der Waals surface area contributed by atoms with Crippen molar-refractivity contribution in [1.82, 2.24) is 5.32 Å². The van der Waals surface area contributed by atoms with Crippen molar-refractivity contribution in [3.05, 3.63) is 99.3 Å². The van der Waals surface area contributed by atoms with Gasteiger partial charge in [-0.1, -0.05) is 30.3 Å². The van der Waals surface area contributed by atoms with Crippen molar-refractivity contribution in [2.24, 2.45) is 0 Å². The predicted octanol–water partition coefficient (Wildman–Crippen LogP) is 5.14. The van der Waals surface area contributed by atoms with E-state index in [0.29, 0.717) is 21.5 Å². The van der Waals surface area contributed by atoms with Gasteiger partial charge in [0.2, 0.25) is 0 Å². The Morgan fingerprint density at radius 1 is 1.03 bits per heavy atom. The molecule has 1 aliphatic rings. The van der Waals surface area contributed by atoms with Crippen molar-refractivity contribution < 1.29 is 23.5 Å². The first-order valence-electron chi connectivity index (χ1n) is 9.97. The summed E-state index contributed by atoms with van der Waals surface area (Å²) in [5.41, 5.74) is 2.45. The summed E-state index contributed by atoms with van der Waals surface area (Å²) in [6.07, 6.45) is 1.42. The lowest BCUT2D eigenvalue weighted by atomic mass is 10.1. The highest BCUT2D eigenvalue weighted by molar-refractivity contribution is 9.10. The second-order valence-electron chi connectivity index (χ2n) is 7.40. The molecular formula is C25H18BrFN2O4. The van der Waals surface area contributed by atoms with Gasteiger partial charge in [0.25, 0.3) is 11.8 Å². The smallest absolute Gasteiger partial charge is 0.335 e. The van der Waals surface area contributed by atoms with E-state index in [1.807, 2.05) is 13.0 Å². The van der Waals surface area contributed by atoms with E-state index in [0.717, 1.165) is 16.0 Å². The molecule has 0 unspecified atom stereocenters. The number of rotatable bonds is 5. The molecule has 0 bridgehead atoms. The average Bonchev–Trinajstić information content (AvgIpc) is 2.77. The van der Waals surface area contributed by atoms with E-state index in [4.69, 9.17) is 4.74 Å². The molecule has 0 saturated carbocycles. The molecule has 166 valence electrons. The zero-order valence-electron chi connectivity index (χ0n) is 17.5. The zero-order chi connectivity index (χ0) is 23.5. The highest BCUT2D eigenvalue weighted by atomic mass is 79.9. The zero-order valence-corrected chi connectivity index (χ0v) is 19.1. The molecule has 3 aromatic rings. The number of amides is 4. The molecule has 0 aromatic heterocycles. The Balaban J connectivity index is 1.56. The molecule has 1 aliphatic heterocycles. The monoisotopic (exact) mass is 508 g/mol. The minimum absolute atomic E-state index is 0.164. The third-order valence-electron chi connectivity index (χ3n) is 4.94. The maximum Gasteiger partial charge on any atom is 0.335 e. The van der Waals surface area contributed by atoms with Crippen LogP contribution in [-0.2, 0) is 16.2 Å². The molecule has 3 aromatic carbocycles. The Bertz CT molecular complexity index is 1290. The lowest BCUT2D eigenvalue weighted by Gasteiger charge is -2.26. The number of nitrogens with one attached hydrogen (secondary N) is 1. The topological polar surface area (TPSA) is 75.7 Å². The van der Waals surface area contributed by atoms with Crippen molar-refractivity contribution in [3.63, 3.8) is 0 Å². The maximum absolute atomic E-state index is 13.0. The van der Waals surface area contributed by atoms with Gasteiger partial charge < -0.3 is 4.74 Å². The van der Waals surface area contributed by atoms with Gasteiger partial charge in [0.1, 0.15) is 23.7 Å². The second-order valence-corrected chi connectivity index (χ2v) is 8.26. The van der Waals surface area contributed by atoms with Gasteiger partial charge in [0.15, 0.2) is 0 Å². The van der Waals surface area contributed by atoms with Crippen molar-refractivity contribution >= 4 is 45.5 Å². The first-order valence-corrected chi connectivity index (χ1v) is 10.8. The van der Waals surface area contributed by atoms with Crippen LogP contribution in [0.4, 0.5) is 14.9 Å². The predicted molar refractivity (Wildman–Crippen MR) is 125 cm³/mol. The van der Waals surface area contributed by atoms with Crippen LogP contribution in [0, 0.1) is 12.7 Å². The van der Waals surface area contributed by atoms with Crippen LogP contribution < -0.4 is 15.0 Å². The number of carbonyl (C=O) groups is 3. The molecular weight excluding hydrogens is 491 g/mol. The van der Waals surface area contributed by atoms with Crippen LogP contribution >= 0.6 is 15.9 Å². The number of aryl methyl sites for hydroxylation is 1. The summed E-state index contributed by atoms with van der Waals surface area (Å²) >= 11 is 3.43. The Morgan fingerprint density at radius 2 is 1.79 bits per heavy atom. The number of urea groups is 1. The molecule has 1 fully saturated rings. The minimum Gasteiger partial charge on any atom is -0.488 e. The average molecular weight is 509 g/mol. The normalized spacial score (nSPS) is 15.1. The molecule has 1 heterocycles. The van der Waals surface area contributed by atoms with Gasteiger partial charge in [-0.15, -0.1) is 0 Å². The Morgan fingerprint density at radius 3 is 2.48 bits per heavy atom. The summed E-state index contributed by atoms with van der Waals surface area (Å²) in [6.45, 7) is 2.09. The van der Waals surface area contributed by atoms with E-state index in [-0.39, 0.29) is 18.0 Å². The molecule has 4 amide bonds. The van der Waals surface area contributed by atoms with Crippen LogP contribution in [0.15, 0.2) is 76.8 Å². The molecule has 0 aliphatic carbocycles. The molecule has 4 rings (SSSR count). The second kappa shape index (κ2) is 9.38. The van der Waals surface area contributed by atoms with Gasteiger partial charge in [0.05, 0.1) is 10.2 Å².